The van der Waals surface area contributed by atoms with Gasteiger partial charge in [0.05, 0.1) is 26.4 Å². The highest BCUT2D eigenvalue weighted by atomic mass is 31.2. The third kappa shape index (κ3) is 64.5. The molecule has 0 saturated heterocycles. The number of phosphoric ester groups is 2. The molecule has 0 rings (SSSR count). The lowest BCUT2D eigenvalue weighted by atomic mass is 9.99. The quantitative estimate of drug-likeness (QED) is 0.0222. The molecule has 0 fully saturated rings. The van der Waals surface area contributed by atoms with E-state index in [4.69, 9.17) is 37.0 Å². The predicted molar refractivity (Wildman–Crippen MR) is 377 cm³/mol. The van der Waals surface area contributed by atoms with Crippen molar-refractivity contribution in [1.82, 2.24) is 0 Å². The summed E-state index contributed by atoms with van der Waals surface area (Å²) in [7, 11) is -9.91. The molecule has 3 N–H and O–H groups in total. The monoisotopic (exact) mass is 1370 g/mol. The van der Waals surface area contributed by atoms with E-state index in [1.807, 2.05) is 0 Å². The maximum absolute atomic E-state index is 13.0. The molecule has 0 aromatic heterocycles. The van der Waals surface area contributed by atoms with Crippen LogP contribution < -0.4 is 0 Å². The average Bonchev–Trinajstić information content (AvgIpc) is 1.77. The first-order valence-electron chi connectivity index (χ1n) is 38.3. The summed E-state index contributed by atoms with van der Waals surface area (Å²) in [6.07, 6.45) is 47.2. The van der Waals surface area contributed by atoms with Crippen LogP contribution in [-0.2, 0) is 65.4 Å². The lowest BCUT2D eigenvalue weighted by Gasteiger charge is -2.21. The zero-order valence-corrected chi connectivity index (χ0v) is 62.7. The lowest BCUT2D eigenvalue weighted by molar-refractivity contribution is -0.161. The molecule has 0 bridgehead atoms. The Kier molecular flexibility index (Phi) is 62.2. The minimum Gasteiger partial charge on any atom is -0.462 e. The van der Waals surface area contributed by atoms with Crippen molar-refractivity contribution in [2.24, 2.45) is 23.7 Å². The van der Waals surface area contributed by atoms with Crippen molar-refractivity contribution < 1.29 is 80.2 Å². The number of aliphatic hydroxyl groups is 1. The van der Waals surface area contributed by atoms with Crippen LogP contribution in [0.25, 0.3) is 0 Å². The summed E-state index contributed by atoms with van der Waals surface area (Å²) >= 11 is 0. The highest BCUT2D eigenvalue weighted by Crippen LogP contribution is 2.45. The number of ether oxygens (including phenoxy) is 4. The molecule has 0 radical (unpaired) electrons. The fourth-order valence-electron chi connectivity index (χ4n) is 11.1. The zero-order chi connectivity index (χ0) is 68.9. The minimum atomic E-state index is -4.96. The van der Waals surface area contributed by atoms with Crippen LogP contribution in [0.3, 0.4) is 0 Å². The Morgan fingerprint density at radius 2 is 0.516 bits per heavy atom. The van der Waals surface area contributed by atoms with Gasteiger partial charge in [0.2, 0.25) is 0 Å². The van der Waals surface area contributed by atoms with E-state index in [1.165, 1.54) is 161 Å². The molecule has 0 aliphatic heterocycles. The van der Waals surface area contributed by atoms with Gasteiger partial charge in [-0.2, -0.15) is 0 Å². The number of aliphatic hydroxyl groups excluding tert-OH is 1. The van der Waals surface area contributed by atoms with Crippen LogP contribution >= 0.6 is 15.6 Å². The summed E-state index contributed by atoms with van der Waals surface area (Å²) in [6, 6.07) is 0. The topological polar surface area (TPSA) is 237 Å². The van der Waals surface area contributed by atoms with E-state index < -0.39 is 97.5 Å². The van der Waals surface area contributed by atoms with E-state index in [-0.39, 0.29) is 25.7 Å². The van der Waals surface area contributed by atoms with Crippen LogP contribution in [0.1, 0.15) is 370 Å². The summed E-state index contributed by atoms with van der Waals surface area (Å²) in [5.74, 6) is 0.959. The van der Waals surface area contributed by atoms with Crippen LogP contribution in [-0.4, -0.2) is 96.7 Å². The van der Waals surface area contributed by atoms with Crippen LogP contribution in [0.4, 0.5) is 0 Å². The maximum Gasteiger partial charge on any atom is 0.472 e. The van der Waals surface area contributed by atoms with E-state index in [1.54, 1.807) is 0 Å². The maximum atomic E-state index is 13.0. The second kappa shape index (κ2) is 63.5. The number of phosphoric acid groups is 2. The van der Waals surface area contributed by atoms with Crippen molar-refractivity contribution >= 4 is 39.5 Å². The van der Waals surface area contributed by atoms with Gasteiger partial charge in [-0.05, 0) is 49.4 Å². The number of esters is 4. The first-order valence-corrected chi connectivity index (χ1v) is 41.3. The number of rotatable bonds is 71. The molecule has 5 unspecified atom stereocenters. The molecule has 0 aliphatic carbocycles. The average molecular weight is 1370 g/mol. The summed E-state index contributed by atoms with van der Waals surface area (Å²) in [5.41, 5.74) is 0. The molecule has 0 aliphatic rings. The highest BCUT2D eigenvalue weighted by molar-refractivity contribution is 7.47. The molecular formula is C74H144O17P2. The molecule has 19 heteroatoms. The molecule has 17 nitrogen and oxygen atoms in total. The van der Waals surface area contributed by atoms with Gasteiger partial charge in [0.15, 0.2) is 12.2 Å². The molecule has 0 amide bonds. The first-order chi connectivity index (χ1) is 44.7. The Balaban J connectivity index is 5.23. The molecule has 8 atom stereocenters. The molecule has 0 aromatic rings. The Bertz CT molecular complexity index is 1840. The van der Waals surface area contributed by atoms with E-state index in [2.05, 4.69) is 55.4 Å². The van der Waals surface area contributed by atoms with Crippen molar-refractivity contribution in [1.29, 1.82) is 0 Å². The number of carbonyl (C=O) groups excluding carboxylic acids is 4. The third-order valence-electron chi connectivity index (χ3n) is 18.2. The van der Waals surface area contributed by atoms with Gasteiger partial charge in [0.1, 0.15) is 19.3 Å². The molecule has 552 valence electrons. The molecular weight excluding hydrogens is 1220 g/mol. The van der Waals surface area contributed by atoms with E-state index in [0.717, 1.165) is 126 Å². The van der Waals surface area contributed by atoms with Gasteiger partial charge in [-0.1, -0.05) is 319 Å². The summed E-state index contributed by atoms with van der Waals surface area (Å²) in [6.45, 7) is 14.2. The van der Waals surface area contributed by atoms with Crippen molar-refractivity contribution in [3.05, 3.63) is 0 Å². The van der Waals surface area contributed by atoms with E-state index in [0.29, 0.717) is 25.7 Å². The Morgan fingerprint density at radius 3 is 0.763 bits per heavy atom. The predicted octanol–water partition coefficient (Wildman–Crippen LogP) is 21.3. The summed E-state index contributed by atoms with van der Waals surface area (Å²) < 4.78 is 68.4. The van der Waals surface area contributed by atoms with Gasteiger partial charge in [0.25, 0.3) is 0 Å². The van der Waals surface area contributed by atoms with Gasteiger partial charge in [-0.15, -0.1) is 0 Å². The molecule has 0 saturated carbocycles. The number of carbonyl (C=O) groups is 4. The highest BCUT2D eigenvalue weighted by Gasteiger charge is 2.30. The second-order valence-corrected chi connectivity index (χ2v) is 30.8. The van der Waals surface area contributed by atoms with E-state index >= 15 is 0 Å². The fourth-order valence-corrected chi connectivity index (χ4v) is 12.7. The number of unbranched alkanes of at least 4 members (excludes halogenated alkanes) is 34. The lowest BCUT2D eigenvalue weighted by Crippen LogP contribution is -2.30. The van der Waals surface area contributed by atoms with E-state index in [9.17, 15) is 43.2 Å². The van der Waals surface area contributed by atoms with Crippen molar-refractivity contribution in [2.45, 2.75) is 388 Å². The van der Waals surface area contributed by atoms with Crippen molar-refractivity contribution in [3.63, 3.8) is 0 Å². The Labute approximate surface area is 568 Å². The molecule has 0 aromatic carbocycles. The standard InChI is InChI=1S/C74H144O17P2/c1-9-65(6)51-43-35-27-23-19-14-12-13-15-20-24-28-40-48-56-73(78)90-69(60-84-71(76)54-46-38-32-30-36-44-52-66(7)10-2)62-88-92(80,81)86-58-68(75)59-87-93(82,83)89-63-70(61-85-72(77)55-47-39-33-31-37-45-53-67(8)11-3)91-74(79)57-49-41-29-25-21-17-16-18-22-26-34-42-50-64(4)5/h64-70,75H,9-63H2,1-8H3,(H,80,81)(H,82,83)/t65?,66?,67?,68-,69+,70+/m0/s1. The van der Waals surface area contributed by atoms with Gasteiger partial charge >= 0.3 is 39.5 Å². The van der Waals surface area contributed by atoms with Gasteiger partial charge in [-0.25, -0.2) is 9.13 Å². The largest absolute Gasteiger partial charge is 0.472 e. The normalized spacial score (nSPS) is 15.1. The number of hydrogen-bond acceptors (Lipinski definition) is 15. The molecule has 0 heterocycles. The zero-order valence-electron chi connectivity index (χ0n) is 60.9. The van der Waals surface area contributed by atoms with Crippen molar-refractivity contribution in [2.75, 3.05) is 39.6 Å². The number of hydrogen-bond donors (Lipinski definition) is 3. The fraction of sp³-hybridized carbons (Fsp3) is 0.946. The Morgan fingerprint density at radius 1 is 0.301 bits per heavy atom. The van der Waals surface area contributed by atoms with Crippen molar-refractivity contribution in [3.8, 4) is 0 Å². The Hall–Kier alpha value is -1.94. The second-order valence-electron chi connectivity index (χ2n) is 27.9. The third-order valence-corrected chi connectivity index (χ3v) is 20.1. The van der Waals surface area contributed by atoms with Crippen LogP contribution in [0, 0.1) is 23.7 Å². The van der Waals surface area contributed by atoms with Crippen LogP contribution in [0.15, 0.2) is 0 Å². The smallest absolute Gasteiger partial charge is 0.462 e. The van der Waals surface area contributed by atoms with Gasteiger partial charge < -0.3 is 33.8 Å². The summed E-state index contributed by atoms with van der Waals surface area (Å²) in [5, 5.41) is 10.6. The molecule has 0 spiro atoms. The van der Waals surface area contributed by atoms with Gasteiger partial charge in [0, 0.05) is 25.7 Å². The minimum absolute atomic E-state index is 0.105. The van der Waals surface area contributed by atoms with Crippen LogP contribution in [0.5, 0.6) is 0 Å². The van der Waals surface area contributed by atoms with Gasteiger partial charge in [-0.3, -0.25) is 37.3 Å². The first kappa shape index (κ1) is 91.1. The molecule has 93 heavy (non-hydrogen) atoms. The summed E-state index contributed by atoms with van der Waals surface area (Å²) in [4.78, 5) is 72.7. The SMILES string of the molecule is CCC(C)CCCCCCCCCCCCCCCCC(=O)O[C@H](COC(=O)CCCCCCCCC(C)CC)COP(=O)(O)OC[C@H](O)COP(=O)(O)OC[C@@H](COC(=O)CCCCCCCCC(C)CC)OC(=O)CCCCCCCCCCCCCCC(C)C. The van der Waals surface area contributed by atoms with Crippen LogP contribution in [0.2, 0.25) is 0 Å².